The number of allylic oxidation sites excluding steroid dienone is 1. The molecule has 1 fully saturated rings. The lowest BCUT2D eigenvalue weighted by atomic mass is 9.97. The minimum atomic E-state index is 0.268. The standard InChI is InChI=1S/C23H26N4O/c1-3-10-27-16-21(17(2)25-27)15-26-11-8-20(14-26)18-7-9-24-23(13-18)19-5-4-6-22(28)12-19/h3-7,9,12-13,16,20,28H,1,8,10-11,14-15H2,2H3/t20-/m0/s1. The van der Waals surface area contributed by atoms with Crippen molar-refractivity contribution in [3.8, 4) is 17.0 Å². The predicted molar refractivity (Wildman–Crippen MR) is 111 cm³/mol. The first kappa shape index (κ1) is 18.4. The molecule has 1 aliphatic rings. The van der Waals surface area contributed by atoms with E-state index < -0.39 is 0 Å². The Morgan fingerprint density at radius 2 is 2.18 bits per heavy atom. The molecular weight excluding hydrogens is 348 g/mol. The van der Waals surface area contributed by atoms with Crippen molar-refractivity contribution in [3.05, 3.63) is 78.3 Å². The molecule has 0 bridgehead atoms. The molecule has 5 heteroatoms. The number of nitrogens with zero attached hydrogens (tertiary/aromatic N) is 4. The Kier molecular flexibility index (Phi) is 5.26. The van der Waals surface area contributed by atoms with Crippen LogP contribution in [0.2, 0.25) is 0 Å². The maximum atomic E-state index is 9.74. The molecule has 1 aliphatic heterocycles. The van der Waals surface area contributed by atoms with E-state index in [2.05, 4.69) is 46.8 Å². The third-order valence-electron chi connectivity index (χ3n) is 5.43. The summed E-state index contributed by atoms with van der Waals surface area (Å²) in [5, 5.41) is 14.3. The first-order valence-corrected chi connectivity index (χ1v) is 9.74. The van der Waals surface area contributed by atoms with Crippen molar-refractivity contribution in [2.75, 3.05) is 13.1 Å². The van der Waals surface area contributed by atoms with E-state index in [9.17, 15) is 5.11 Å². The Hall–Kier alpha value is -2.92. The van der Waals surface area contributed by atoms with Gasteiger partial charge in [-0.1, -0.05) is 18.2 Å². The maximum Gasteiger partial charge on any atom is 0.116 e. The van der Waals surface area contributed by atoms with E-state index in [1.54, 1.807) is 12.1 Å². The van der Waals surface area contributed by atoms with Crippen LogP contribution in [0.5, 0.6) is 5.75 Å². The fourth-order valence-corrected chi connectivity index (χ4v) is 3.95. The van der Waals surface area contributed by atoms with Gasteiger partial charge in [-0.15, -0.1) is 6.58 Å². The van der Waals surface area contributed by atoms with Crippen molar-refractivity contribution in [2.24, 2.45) is 0 Å². The van der Waals surface area contributed by atoms with E-state index in [1.807, 2.05) is 29.1 Å². The predicted octanol–water partition coefficient (Wildman–Crippen LogP) is 4.13. The van der Waals surface area contributed by atoms with E-state index in [1.165, 1.54) is 11.1 Å². The van der Waals surface area contributed by atoms with E-state index >= 15 is 0 Å². The van der Waals surface area contributed by atoms with Crippen LogP contribution in [-0.4, -0.2) is 37.9 Å². The van der Waals surface area contributed by atoms with Gasteiger partial charge in [-0.25, -0.2) is 0 Å². The molecule has 3 aromatic rings. The number of pyridine rings is 1. The van der Waals surface area contributed by atoms with Crippen LogP contribution in [-0.2, 0) is 13.1 Å². The molecule has 1 aromatic carbocycles. The highest BCUT2D eigenvalue weighted by Crippen LogP contribution is 2.31. The van der Waals surface area contributed by atoms with E-state index in [0.717, 1.165) is 49.6 Å². The fourth-order valence-electron chi connectivity index (χ4n) is 3.95. The Morgan fingerprint density at radius 3 is 3.00 bits per heavy atom. The largest absolute Gasteiger partial charge is 0.508 e. The number of aromatic nitrogens is 3. The molecule has 4 rings (SSSR count). The van der Waals surface area contributed by atoms with Crippen LogP contribution in [0.25, 0.3) is 11.3 Å². The van der Waals surface area contributed by atoms with Crippen LogP contribution < -0.4 is 0 Å². The highest BCUT2D eigenvalue weighted by molar-refractivity contribution is 5.61. The lowest BCUT2D eigenvalue weighted by Gasteiger charge is -2.16. The number of hydrogen-bond acceptors (Lipinski definition) is 4. The minimum absolute atomic E-state index is 0.268. The summed E-state index contributed by atoms with van der Waals surface area (Å²) in [5.74, 6) is 0.770. The van der Waals surface area contributed by atoms with Crippen LogP contribution in [0.1, 0.15) is 29.2 Å². The Balaban J connectivity index is 1.46. The first-order chi connectivity index (χ1) is 13.6. The van der Waals surface area contributed by atoms with Gasteiger partial charge in [-0.3, -0.25) is 14.6 Å². The van der Waals surface area contributed by atoms with Crippen LogP contribution >= 0.6 is 0 Å². The van der Waals surface area contributed by atoms with Gasteiger partial charge >= 0.3 is 0 Å². The van der Waals surface area contributed by atoms with Crippen molar-refractivity contribution in [3.63, 3.8) is 0 Å². The smallest absolute Gasteiger partial charge is 0.116 e. The molecule has 0 aliphatic carbocycles. The average Bonchev–Trinajstić information content (AvgIpc) is 3.29. The second kappa shape index (κ2) is 7.98. The van der Waals surface area contributed by atoms with Crippen molar-refractivity contribution in [1.82, 2.24) is 19.7 Å². The summed E-state index contributed by atoms with van der Waals surface area (Å²) in [5.41, 5.74) is 5.56. The zero-order valence-corrected chi connectivity index (χ0v) is 16.3. The van der Waals surface area contributed by atoms with Gasteiger partial charge in [0.25, 0.3) is 0 Å². The van der Waals surface area contributed by atoms with Crippen LogP contribution in [0, 0.1) is 6.92 Å². The minimum Gasteiger partial charge on any atom is -0.508 e. The second-order valence-corrected chi connectivity index (χ2v) is 7.50. The van der Waals surface area contributed by atoms with E-state index in [0.29, 0.717) is 5.92 Å². The summed E-state index contributed by atoms with van der Waals surface area (Å²) >= 11 is 0. The summed E-state index contributed by atoms with van der Waals surface area (Å²) in [6.45, 7) is 9.67. The summed E-state index contributed by atoms with van der Waals surface area (Å²) in [7, 11) is 0. The Labute approximate surface area is 166 Å². The van der Waals surface area contributed by atoms with Gasteiger partial charge in [0, 0.05) is 36.6 Å². The van der Waals surface area contributed by atoms with Gasteiger partial charge in [-0.2, -0.15) is 5.10 Å². The highest BCUT2D eigenvalue weighted by Gasteiger charge is 2.25. The number of hydrogen-bond donors (Lipinski definition) is 1. The SMILES string of the molecule is C=CCn1cc(CN2CC[C@H](c3ccnc(-c4cccc(O)c4)c3)C2)c(C)n1. The molecular formula is C23H26N4O. The van der Waals surface area contributed by atoms with Crippen LogP contribution in [0.3, 0.4) is 0 Å². The van der Waals surface area contributed by atoms with Crippen molar-refractivity contribution < 1.29 is 5.11 Å². The summed E-state index contributed by atoms with van der Waals surface area (Å²) in [4.78, 5) is 7.00. The number of aromatic hydroxyl groups is 1. The van der Waals surface area contributed by atoms with Gasteiger partial charge in [0.15, 0.2) is 0 Å². The molecule has 1 N–H and O–H groups in total. The molecule has 3 heterocycles. The molecule has 5 nitrogen and oxygen atoms in total. The second-order valence-electron chi connectivity index (χ2n) is 7.50. The van der Waals surface area contributed by atoms with E-state index in [-0.39, 0.29) is 5.75 Å². The van der Waals surface area contributed by atoms with Gasteiger partial charge in [0.1, 0.15) is 5.75 Å². The number of likely N-dealkylation sites (tertiary alicyclic amines) is 1. The Morgan fingerprint density at radius 1 is 1.29 bits per heavy atom. The van der Waals surface area contributed by atoms with Crippen molar-refractivity contribution >= 4 is 0 Å². The normalized spacial score (nSPS) is 17.1. The molecule has 0 radical (unpaired) electrons. The molecule has 0 unspecified atom stereocenters. The molecule has 1 saturated heterocycles. The number of rotatable bonds is 6. The lowest BCUT2D eigenvalue weighted by molar-refractivity contribution is 0.326. The Bertz CT molecular complexity index is 978. The van der Waals surface area contributed by atoms with E-state index in [4.69, 9.17) is 0 Å². The first-order valence-electron chi connectivity index (χ1n) is 9.74. The van der Waals surface area contributed by atoms with Gasteiger partial charge in [-0.05, 0) is 55.6 Å². The van der Waals surface area contributed by atoms with Crippen molar-refractivity contribution in [1.29, 1.82) is 0 Å². The van der Waals surface area contributed by atoms with Crippen molar-refractivity contribution in [2.45, 2.75) is 32.4 Å². The molecule has 144 valence electrons. The summed E-state index contributed by atoms with van der Waals surface area (Å²) in [6, 6.07) is 11.6. The van der Waals surface area contributed by atoms with Gasteiger partial charge in [0.2, 0.25) is 0 Å². The zero-order valence-electron chi connectivity index (χ0n) is 16.3. The quantitative estimate of drug-likeness (QED) is 0.659. The molecule has 1 atom stereocenters. The number of benzene rings is 1. The maximum absolute atomic E-state index is 9.74. The van der Waals surface area contributed by atoms with Crippen LogP contribution in [0.4, 0.5) is 0 Å². The monoisotopic (exact) mass is 374 g/mol. The summed E-state index contributed by atoms with van der Waals surface area (Å²) in [6.07, 6.45) is 7.02. The highest BCUT2D eigenvalue weighted by atomic mass is 16.3. The van der Waals surface area contributed by atoms with Gasteiger partial charge < -0.3 is 5.11 Å². The molecule has 2 aromatic heterocycles. The van der Waals surface area contributed by atoms with Gasteiger partial charge in [0.05, 0.1) is 17.9 Å². The topological polar surface area (TPSA) is 54.2 Å². The third kappa shape index (κ3) is 3.99. The lowest BCUT2D eigenvalue weighted by Crippen LogP contribution is -2.20. The number of phenolic OH excluding ortho intramolecular Hbond substituents is 1. The number of aryl methyl sites for hydroxylation is 1. The molecule has 0 amide bonds. The molecule has 28 heavy (non-hydrogen) atoms. The average molecular weight is 374 g/mol. The third-order valence-corrected chi connectivity index (χ3v) is 5.43. The molecule has 0 spiro atoms. The number of phenols is 1. The zero-order chi connectivity index (χ0) is 19.5. The molecule has 0 saturated carbocycles. The summed E-state index contributed by atoms with van der Waals surface area (Å²) < 4.78 is 1.95. The fraction of sp³-hybridized carbons (Fsp3) is 0.304. The van der Waals surface area contributed by atoms with Crippen LogP contribution in [0.15, 0.2) is 61.4 Å².